The molecule has 0 aliphatic rings. The molecule has 0 radical (unpaired) electrons. The smallest absolute Gasteiger partial charge is 0.126 e. The van der Waals surface area contributed by atoms with E-state index >= 15 is 0 Å². The maximum absolute atomic E-state index is 6.27. The van der Waals surface area contributed by atoms with Crippen LogP contribution in [0.5, 0.6) is 0 Å². The van der Waals surface area contributed by atoms with Gasteiger partial charge in [0.25, 0.3) is 0 Å². The van der Waals surface area contributed by atoms with Crippen LogP contribution in [-0.2, 0) is 13.1 Å². The number of nitrogens with one attached hydrogen (secondary N) is 1. The summed E-state index contributed by atoms with van der Waals surface area (Å²) in [5.74, 6) is 1.83. The van der Waals surface area contributed by atoms with Crippen molar-refractivity contribution >= 4 is 17.4 Å². The number of hydrogen-bond donors (Lipinski definition) is 1. The summed E-state index contributed by atoms with van der Waals surface area (Å²) in [5, 5.41) is 4.00. The molecule has 2 rings (SSSR count). The summed E-state index contributed by atoms with van der Waals surface area (Å²) in [6, 6.07) is 7.72. The van der Waals surface area contributed by atoms with Crippen LogP contribution in [0.3, 0.4) is 0 Å². The van der Waals surface area contributed by atoms with Crippen molar-refractivity contribution in [3.63, 3.8) is 0 Å². The van der Waals surface area contributed by atoms with E-state index in [1.54, 1.807) is 6.26 Å². The first-order valence-electron chi connectivity index (χ1n) is 7.37. The van der Waals surface area contributed by atoms with Gasteiger partial charge in [0.15, 0.2) is 0 Å². The van der Waals surface area contributed by atoms with E-state index in [4.69, 9.17) is 16.0 Å². The molecule has 0 atom stereocenters. The highest BCUT2D eigenvalue weighted by Gasteiger charge is 2.11. The number of nitrogens with zero attached hydrogens (tertiary/aromatic N) is 2. The molecule has 0 fully saturated rings. The molecular formula is C16H22ClN3O. The molecule has 0 saturated heterocycles. The zero-order valence-corrected chi connectivity index (χ0v) is 13.4. The fraction of sp³-hybridized carbons (Fsp3) is 0.438. The fourth-order valence-corrected chi connectivity index (χ4v) is 2.23. The summed E-state index contributed by atoms with van der Waals surface area (Å²) in [6.07, 6.45) is 2.77. The zero-order chi connectivity index (χ0) is 15.1. The van der Waals surface area contributed by atoms with Gasteiger partial charge in [0, 0.05) is 13.1 Å². The lowest BCUT2D eigenvalue weighted by Gasteiger charge is -2.19. The highest BCUT2D eigenvalue weighted by molar-refractivity contribution is 6.31. The third-order valence-corrected chi connectivity index (χ3v) is 3.60. The van der Waals surface area contributed by atoms with Crippen LogP contribution in [-0.4, -0.2) is 23.0 Å². The monoisotopic (exact) mass is 307 g/mol. The number of aromatic nitrogens is 1. The van der Waals surface area contributed by atoms with E-state index in [-0.39, 0.29) is 0 Å². The van der Waals surface area contributed by atoms with Crippen LogP contribution in [0, 0.1) is 0 Å². The minimum absolute atomic E-state index is 0.704. The quantitative estimate of drug-likeness (QED) is 0.794. The van der Waals surface area contributed by atoms with Gasteiger partial charge in [0.05, 0.1) is 23.5 Å². The van der Waals surface area contributed by atoms with E-state index in [1.165, 1.54) is 0 Å². The van der Waals surface area contributed by atoms with E-state index in [9.17, 15) is 0 Å². The van der Waals surface area contributed by atoms with Crippen molar-refractivity contribution in [1.82, 2.24) is 9.88 Å². The minimum Gasteiger partial charge on any atom is -0.468 e. The Bertz CT molecular complexity index is 542. The Labute approximate surface area is 131 Å². The minimum atomic E-state index is 0.704. The summed E-state index contributed by atoms with van der Waals surface area (Å²) in [4.78, 5) is 6.86. The molecule has 2 aromatic heterocycles. The average molecular weight is 308 g/mol. The Balaban J connectivity index is 2.05. The Morgan fingerprint density at radius 3 is 2.76 bits per heavy atom. The molecular weight excluding hydrogens is 286 g/mol. The van der Waals surface area contributed by atoms with Crippen LogP contribution in [0.2, 0.25) is 5.02 Å². The van der Waals surface area contributed by atoms with Crippen molar-refractivity contribution in [3.05, 3.63) is 47.0 Å². The maximum Gasteiger partial charge on any atom is 0.126 e. The first kappa shape index (κ1) is 15.9. The molecule has 0 saturated carbocycles. The van der Waals surface area contributed by atoms with E-state index in [0.717, 1.165) is 43.3 Å². The summed E-state index contributed by atoms with van der Waals surface area (Å²) in [5.41, 5.74) is 0.895. The Morgan fingerprint density at radius 2 is 2.10 bits per heavy atom. The Hall–Kier alpha value is -1.52. The molecule has 4 nitrogen and oxygen atoms in total. The molecule has 0 amide bonds. The standard InChI is InChI=1S/C16H22ClN3O/c1-3-9-18-16-8-7-14(17)15(19-16)12-20(4-2)11-13-6-5-10-21-13/h5-8,10H,3-4,9,11-12H2,1-2H3,(H,18,19). The number of anilines is 1. The second-order valence-corrected chi connectivity index (χ2v) is 5.34. The van der Waals surface area contributed by atoms with Crippen molar-refractivity contribution in [3.8, 4) is 0 Å². The van der Waals surface area contributed by atoms with Gasteiger partial charge < -0.3 is 9.73 Å². The van der Waals surface area contributed by atoms with Gasteiger partial charge in [-0.15, -0.1) is 0 Å². The van der Waals surface area contributed by atoms with Crippen LogP contribution in [0.4, 0.5) is 5.82 Å². The number of furan rings is 1. The van der Waals surface area contributed by atoms with E-state index in [0.29, 0.717) is 11.6 Å². The average Bonchev–Trinajstić information content (AvgIpc) is 3.00. The van der Waals surface area contributed by atoms with Crippen molar-refractivity contribution in [1.29, 1.82) is 0 Å². The Morgan fingerprint density at radius 1 is 1.24 bits per heavy atom. The lowest BCUT2D eigenvalue weighted by molar-refractivity contribution is 0.245. The third kappa shape index (κ3) is 4.76. The summed E-state index contributed by atoms with van der Waals surface area (Å²) >= 11 is 6.27. The van der Waals surface area contributed by atoms with Gasteiger partial charge in [-0.2, -0.15) is 0 Å². The van der Waals surface area contributed by atoms with Crippen LogP contribution in [0.1, 0.15) is 31.7 Å². The lowest BCUT2D eigenvalue weighted by atomic mass is 10.3. The second-order valence-electron chi connectivity index (χ2n) is 4.93. The van der Waals surface area contributed by atoms with E-state index in [2.05, 4.69) is 29.0 Å². The fourth-order valence-electron chi connectivity index (χ4n) is 2.06. The van der Waals surface area contributed by atoms with Crippen molar-refractivity contribution in [2.24, 2.45) is 0 Å². The van der Waals surface area contributed by atoms with Crippen molar-refractivity contribution in [2.45, 2.75) is 33.4 Å². The normalized spacial score (nSPS) is 11.0. The van der Waals surface area contributed by atoms with Crippen LogP contribution in [0.25, 0.3) is 0 Å². The predicted octanol–water partition coefficient (Wildman–Crippen LogP) is 4.17. The molecule has 0 bridgehead atoms. The lowest BCUT2D eigenvalue weighted by Crippen LogP contribution is -2.23. The molecule has 21 heavy (non-hydrogen) atoms. The third-order valence-electron chi connectivity index (χ3n) is 3.25. The van der Waals surface area contributed by atoms with Crippen molar-refractivity contribution in [2.75, 3.05) is 18.4 Å². The maximum atomic E-state index is 6.27. The largest absolute Gasteiger partial charge is 0.468 e. The molecule has 0 spiro atoms. The molecule has 5 heteroatoms. The molecule has 0 aliphatic carbocycles. The van der Waals surface area contributed by atoms with Gasteiger partial charge in [-0.05, 0) is 37.2 Å². The first-order valence-corrected chi connectivity index (χ1v) is 7.74. The van der Waals surface area contributed by atoms with Crippen LogP contribution < -0.4 is 5.32 Å². The van der Waals surface area contributed by atoms with E-state index in [1.807, 2.05) is 24.3 Å². The number of halogens is 1. The van der Waals surface area contributed by atoms with E-state index < -0.39 is 0 Å². The van der Waals surface area contributed by atoms with Gasteiger partial charge in [-0.1, -0.05) is 25.4 Å². The zero-order valence-electron chi connectivity index (χ0n) is 12.6. The van der Waals surface area contributed by atoms with Gasteiger partial charge in [0.1, 0.15) is 11.6 Å². The molecule has 2 heterocycles. The molecule has 0 aromatic carbocycles. The van der Waals surface area contributed by atoms with Gasteiger partial charge in [-0.3, -0.25) is 4.90 Å². The summed E-state index contributed by atoms with van der Waals surface area (Å²) in [7, 11) is 0. The number of rotatable bonds is 8. The predicted molar refractivity (Wildman–Crippen MR) is 86.5 cm³/mol. The van der Waals surface area contributed by atoms with Crippen molar-refractivity contribution < 1.29 is 4.42 Å². The SMILES string of the molecule is CCCNc1ccc(Cl)c(CN(CC)Cc2ccco2)n1. The van der Waals surface area contributed by atoms with Crippen LogP contribution in [0.15, 0.2) is 34.9 Å². The highest BCUT2D eigenvalue weighted by Crippen LogP contribution is 2.19. The van der Waals surface area contributed by atoms with Gasteiger partial charge >= 0.3 is 0 Å². The molecule has 0 aliphatic heterocycles. The number of pyridine rings is 1. The Kier molecular flexibility index (Phi) is 6.08. The molecule has 2 aromatic rings. The highest BCUT2D eigenvalue weighted by atomic mass is 35.5. The van der Waals surface area contributed by atoms with Gasteiger partial charge in [0.2, 0.25) is 0 Å². The summed E-state index contributed by atoms with van der Waals surface area (Å²) in [6.45, 7) is 7.54. The number of hydrogen-bond acceptors (Lipinski definition) is 4. The first-order chi connectivity index (χ1) is 10.2. The molecule has 0 unspecified atom stereocenters. The summed E-state index contributed by atoms with van der Waals surface area (Å²) < 4.78 is 5.40. The molecule has 1 N–H and O–H groups in total. The van der Waals surface area contributed by atoms with Gasteiger partial charge in [-0.25, -0.2) is 4.98 Å². The topological polar surface area (TPSA) is 41.3 Å². The second kappa shape index (κ2) is 8.05. The molecule has 114 valence electrons. The van der Waals surface area contributed by atoms with Crippen LogP contribution >= 0.6 is 11.6 Å².